The number of ether oxygens (including phenoxy) is 1. The van der Waals surface area contributed by atoms with Crippen LogP contribution in [0.3, 0.4) is 0 Å². The fraction of sp³-hybridized carbons (Fsp3) is 0.312. The fourth-order valence-electron chi connectivity index (χ4n) is 2.13. The van der Waals surface area contributed by atoms with Crippen LogP contribution in [-0.4, -0.2) is 12.1 Å². The van der Waals surface area contributed by atoms with E-state index < -0.39 is 0 Å². The standard InChI is InChI=1S/C16H19BrN2O/c1-4-14(12-5-7-13(20-3)8-6-12)19-15-9-10-16(17)18-11(15)2/h5-10,14,19H,4H2,1-3H3. The molecule has 4 heteroatoms. The highest BCUT2D eigenvalue weighted by atomic mass is 79.9. The molecule has 0 fully saturated rings. The summed E-state index contributed by atoms with van der Waals surface area (Å²) in [6, 6.07) is 12.5. The predicted octanol–water partition coefficient (Wildman–Crippen LogP) is 4.72. The summed E-state index contributed by atoms with van der Waals surface area (Å²) in [7, 11) is 1.68. The highest BCUT2D eigenvalue weighted by Crippen LogP contribution is 2.26. The second-order valence-corrected chi connectivity index (χ2v) is 5.46. The van der Waals surface area contributed by atoms with Crippen LogP contribution < -0.4 is 10.1 Å². The molecule has 0 radical (unpaired) electrons. The summed E-state index contributed by atoms with van der Waals surface area (Å²) in [6.07, 6.45) is 1.00. The second kappa shape index (κ2) is 6.75. The lowest BCUT2D eigenvalue weighted by atomic mass is 10.0. The molecule has 0 aliphatic rings. The van der Waals surface area contributed by atoms with E-state index >= 15 is 0 Å². The smallest absolute Gasteiger partial charge is 0.118 e. The van der Waals surface area contributed by atoms with Gasteiger partial charge in [-0.1, -0.05) is 19.1 Å². The van der Waals surface area contributed by atoms with Crippen LogP contribution in [0.5, 0.6) is 5.75 Å². The maximum Gasteiger partial charge on any atom is 0.118 e. The Morgan fingerprint density at radius 2 is 1.90 bits per heavy atom. The van der Waals surface area contributed by atoms with Gasteiger partial charge in [0.2, 0.25) is 0 Å². The Bertz CT molecular complexity index is 569. The summed E-state index contributed by atoms with van der Waals surface area (Å²) in [5.41, 5.74) is 3.30. The van der Waals surface area contributed by atoms with Gasteiger partial charge in [-0.3, -0.25) is 0 Å². The van der Waals surface area contributed by atoms with Gasteiger partial charge >= 0.3 is 0 Å². The van der Waals surface area contributed by atoms with Crippen molar-refractivity contribution < 1.29 is 4.74 Å². The number of hydrogen-bond donors (Lipinski definition) is 1. The van der Waals surface area contributed by atoms with E-state index in [0.29, 0.717) is 0 Å². The van der Waals surface area contributed by atoms with Crippen molar-refractivity contribution in [3.8, 4) is 5.75 Å². The van der Waals surface area contributed by atoms with Gasteiger partial charge in [-0.05, 0) is 59.1 Å². The normalized spacial score (nSPS) is 12.0. The molecule has 1 N–H and O–H groups in total. The molecule has 20 heavy (non-hydrogen) atoms. The van der Waals surface area contributed by atoms with Gasteiger partial charge in [0.1, 0.15) is 10.4 Å². The largest absolute Gasteiger partial charge is 0.497 e. The number of anilines is 1. The molecule has 0 aliphatic heterocycles. The zero-order valence-corrected chi connectivity index (χ0v) is 13.6. The van der Waals surface area contributed by atoms with E-state index in [1.54, 1.807) is 7.11 Å². The molecular formula is C16H19BrN2O. The number of nitrogens with one attached hydrogen (secondary N) is 1. The Labute approximate surface area is 128 Å². The quantitative estimate of drug-likeness (QED) is 0.803. The maximum absolute atomic E-state index is 5.20. The van der Waals surface area contributed by atoms with Crippen molar-refractivity contribution >= 4 is 21.6 Å². The maximum atomic E-state index is 5.20. The molecule has 3 nitrogen and oxygen atoms in total. The number of halogens is 1. The zero-order chi connectivity index (χ0) is 14.5. The molecule has 0 amide bonds. The van der Waals surface area contributed by atoms with Crippen molar-refractivity contribution in [2.24, 2.45) is 0 Å². The van der Waals surface area contributed by atoms with E-state index in [1.807, 2.05) is 25.1 Å². The molecule has 2 rings (SSSR count). The van der Waals surface area contributed by atoms with Crippen LogP contribution in [0.1, 0.15) is 30.6 Å². The summed E-state index contributed by atoms with van der Waals surface area (Å²) in [6.45, 7) is 4.18. The third kappa shape index (κ3) is 3.51. The Morgan fingerprint density at radius 3 is 2.45 bits per heavy atom. The minimum atomic E-state index is 0.266. The summed E-state index contributed by atoms with van der Waals surface area (Å²) in [5, 5.41) is 3.55. The second-order valence-electron chi connectivity index (χ2n) is 4.65. The number of methoxy groups -OCH3 is 1. The molecule has 0 spiro atoms. The number of hydrogen-bond acceptors (Lipinski definition) is 3. The lowest BCUT2D eigenvalue weighted by Gasteiger charge is -2.20. The summed E-state index contributed by atoms with van der Waals surface area (Å²) in [5.74, 6) is 0.880. The number of aryl methyl sites for hydroxylation is 1. The van der Waals surface area contributed by atoms with Crippen LogP contribution in [-0.2, 0) is 0 Å². The Morgan fingerprint density at radius 1 is 1.20 bits per heavy atom. The van der Waals surface area contributed by atoms with Crippen LogP contribution in [0.25, 0.3) is 0 Å². The average molecular weight is 335 g/mol. The van der Waals surface area contributed by atoms with Gasteiger partial charge in [-0.25, -0.2) is 4.98 Å². The van der Waals surface area contributed by atoms with Crippen molar-refractivity contribution in [1.82, 2.24) is 4.98 Å². The fourth-order valence-corrected chi connectivity index (χ4v) is 2.53. The number of pyridine rings is 1. The van der Waals surface area contributed by atoms with Crippen LogP contribution in [0, 0.1) is 6.92 Å². The highest BCUT2D eigenvalue weighted by molar-refractivity contribution is 9.10. The molecule has 0 saturated heterocycles. The monoisotopic (exact) mass is 334 g/mol. The van der Waals surface area contributed by atoms with Gasteiger partial charge in [0, 0.05) is 0 Å². The Kier molecular flexibility index (Phi) is 5.01. The Hall–Kier alpha value is -1.55. The Balaban J connectivity index is 2.19. The minimum Gasteiger partial charge on any atom is -0.497 e. The molecule has 1 unspecified atom stereocenters. The predicted molar refractivity (Wildman–Crippen MR) is 86.3 cm³/mol. The van der Waals surface area contributed by atoms with Gasteiger partial charge < -0.3 is 10.1 Å². The van der Waals surface area contributed by atoms with Crippen molar-refractivity contribution in [1.29, 1.82) is 0 Å². The van der Waals surface area contributed by atoms with E-state index in [4.69, 9.17) is 4.74 Å². The van der Waals surface area contributed by atoms with Crippen molar-refractivity contribution in [2.75, 3.05) is 12.4 Å². The summed E-state index contributed by atoms with van der Waals surface area (Å²) >= 11 is 3.39. The summed E-state index contributed by atoms with van der Waals surface area (Å²) in [4.78, 5) is 4.42. The molecular weight excluding hydrogens is 316 g/mol. The lowest BCUT2D eigenvalue weighted by molar-refractivity contribution is 0.414. The first-order chi connectivity index (χ1) is 9.63. The van der Waals surface area contributed by atoms with Crippen LogP contribution in [0.15, 0.2) is 41.0 Å². The van der Waals surface area contributed by atoms with Crippen LogP contribution in [0.4, 0.5) is 5.69 Å². The molecule has 1 aromatic carbocycles. The SMILES string of the molecule is CCC(Nc1ccc(Br)nc1C)c1ccc(OC)cc1. The van der Waals surface area contributed by atoms with Gasteiger partial charge in [-0.15, -0.1) is 0 Å². The molecule has 106 valence electrons. The van der Waals surface area contributed by atoms with Crippen LogP contribution >= 0.6 is 15.9 Å². The van der Waals surface area contributed by atoms with Crippen molar-refractivity contribution in [3.05, 3.63) is 52.3 Å². The van der Waals surface area contributed by atoms with E-state index in [2.05, 4.69) is 51.4 Å². The molecule has 1 heterocycles. The zero-order valence-electron chi connectivity index (χ0n) is 12.0. The first-order valence-electron chi connectivity index (χ1n) is 6.67. The van der Waals surface area contributed by atoms with E-state index in [1.165, 1.54) is 5.56 Å². The first-order valence-corrected chi connectivity index (χ1v) is 7.47. The number of aromatic nitrogens is 1. The molecule has 2 aromatic rings. The third-order valence-electron chi connectivity index (χ3n) is 3.31. The summed E-state index contributed by atoms with van der Waals surface area (Å²) < 4.78 is 6.06. The average Bonchev–Trinajstić information content (AvgIpc) is 2.47. The first kappa shape index (κ1) is 14.9. The molecule has 0 saturated carbocycles. The lowest BCUT2D eigenvalue weighted by Crippen LogP contribution is -2.11. The number of rotatable bonds is 5. The topological polar surface area (TPSA) is 34.2 Å². The van der Waals surface area contributed by atoms with Gasteiger partial charge in [0.05, 0.1) is 24.5 Å². The van der Waals surface area contributed by atoms with E-state index in [-0.39, 0.29) is 6.04 Å². The number of nitrogens with zero attached hydrogens (tertiary/aromatic N) is 1. The van der Waals surface area contributed by atoms with Crippen molar-refractivity contribution in [3.63, 3.8) is 0 Å². The molecule has 1 aromatic heterocycles. The molecule has 0 aliphatic carbocycles. The van der Waals surface area contributed by atoms with Gasteiger partial charge in [-0.2, -0.15) is 0 Å². The van der Waals surface area contributed by atoms with E-state index in [0.717, 1.165) is 28.2 Å². The van der Waals surface area contributed by atoms with E-state index in [9.17, 15) is 0 Å². The van der Waals surface area contributed by atoms with Crippen LogP contribution in [0.2, 0.25) is 0 Å². The highest BCUT2D eigenvalue weighted by Gasteiger charge is 2.11. The molecule has 0 bridgehead atoms. The molecule has 1 atom stereocenters. The van der Waals surface area contributed by atoms with Gasteiger partial charge in [0.25, 0.3) is 0 Å². The number of benzene rings is 1. The minimum absolute atomic E-state index is 0.266. The third-order valence-corrected chi connectivity index (χ3v) is 3.75. The van der Waals surface area contributed by atoms with Crippen molar-refractivity contribution in [2.45, 2.75) is 26.3 Å². The van der Waals surface area contributed by atoms with Gasteiger partial charge in [0.15, 0.2) is 0 Å².